The van der Waals surface area contributed by atoms with Crippen molar-refractivity contribution in [2.24, 2.45) is 0 Å². The van der Waals surface area contributed by atoms with Gasteiger partial charge in [-0.15, -0.1) is 11.8 Å². The topological polar surface area (TPSA) is 76.7 Å². The first kappa shape index (κ1) is 22.2. The number of methoxy groups -OCH3 is 2. The average Bonchev–Trinajstić information content (AvgIpc) is 2.77. The van der Waals surface area contributed by atoms with Crippen molar-refractivity contribution >= 4 is 35.0 Å². The highest BCUT2D eigenvalue weighted by atomic mass is 32.2. The number of ether oxygens (including phenoxy) is 2. The SMILES string of the molecule is COc1ccc(NC(=O)CSc2ccccc2C(=O)Nc2cccc(C)c2)cc1OC. The molecule has 0 bridgehead atoms. The Morgan fingerprint density at radius 2 is 1.58 bits per heavy atom. The number of aryl methyl sites for hydroxylation is 1. The summed E-state index contributed by atoms with van der Waals surface area (Å²) in [5.41, 5.74) is 2.92. The molecule has 2 N–H and O–H groups in total. The van der Waals surface area contributed by atoms with E-state index in [0.29, 0.717) is 22.7 Å². The monoisotopic (exact) mass is 436 g/mol. The molecule has 0 atom stereocenters. The number of carbonyl (C=O) groups excluding carboxylic acids is 2. The maximum absolute atomic E-state index is 12.8. The molecule has 7 heteroatoms. The second-order valence-electron chi connectivity index (χ2n) is 6.73. The molecule has 0 aliphatic carbocycles. The van der Waals surface area contributed by atoms with Crippen LogP contribution in [0, 0.1) is 6.92 Å². The normalized spacial score (nSPS) is 10.3. The summed E-state index contributed by atoms with van der Waals surface area (Å²) in [6.45, 7) is 1.97. The van der Waals surface area contributed by atoms with Crippen molar-refractivity contribution in [2.45, 2.75) is 11.8 Å². The van der Waals surface area contributed by atoms with E-state index in [2.05, 4.69) is 10.6 Å². The van der Waals surface area contributed by atoms with Gasteiger partial charge < -0.3 is 20.1 Å². The molecule has 3 rings (SSSR count). The van der Waals surface area contributed by atoms with Crippen molar-refractivity contribution < 1.29 is 19.1 Å². The van der Waals surface area contributed by atoms with Crippen molar-refractivity contribution in [3.63, 3.8) is 0 Å². The second kappa shape index (κ2) is 10.5. The lowest BCUT2D eigenvalue weighted by Gasteiger charge is -2.12. The van der Waals surface area contributed by atoms with Crippen LogP contribution < -0.4 is 20.1 Å². The Morgan fingerprint density at radius 1 is 0.839 bits per heavy atom. The summed E-state index contributed by atoms with van der Waals surface area (Å²) in [7, 11) is 3.09. The zero-order chi connectivity index (χ0) is 22.2. The lowest BCUT2D eigenvalue weighted by atomic mass is 10.2. The number of rotatable bonds is 8. The first-order valence-corrected chi connectivity index (χ1v) is 10.6. The Hall–Kier alpha value is -3.45. The van der Waals surface area contributed by atoms with Gasteiger partial charge >= 0.3 is 0 Å². The highest BCUT2D eigenvalue weighted by molar-refractivity contribution is 8.00. The first-order valence-electron chi connectivity index (χ1n) is 9.62. The van der Waals surface area contributed by atoms with Crippen LogP contribution in [0.1, 0.15) is 15.9 Å². The molecule has 31 heavy (non-hydrogen) atoms. The number of nitrogens with one attached hydrogen (secondary N) is 2. The van der Waals surface area contributed by atoms with E-state index in [1.54, 1.807) is 37.4 Å². The fraction of sp³-hybridized carbons (Fsp3) is 0.167. The van der Waals surface area contributed by atoms with Gasteiger partial charge in [0, 0.05) is 22.3 Å². The summed E-state index contributed by atoms with van der Waals surface area (Å²) >= 11 is 1.31. The number of thioether (sulfide) groups is 1. The molecule has 0 aliphatic rings. The zero-order valence-corrected chi connectivity index (χ0v) is 18.4. The highest BCUT2D eigenvalue weighted by Crippen LogP contribution is 2.30. The first-order chi connectivity index (χ1) is 15.0. The van der Waals surface area contributed by atoms with E-state index >= 15 is 0 Å². The van der Waals surface area contributed by atoms with Crippen LogP contribution in [-0.4, -0.2) is 31.8 Å². The number of carbonyl (C=O) groups is 2. The summed E-state index contributed by atoms with van der Waals surface area (Å²) in [5, 5.41) is 5.75. The molecule has 2 amide bonds. The largest absolute Gasteiger partial charge is 0.493 e. The quantitative estimate of drug-likeness (QED) is 0.486. The maximum Gasteiger partial charge on any atom is 0.256 e. The molecule has 160 valence electrons. The molecular formula is C24H24N2O4S. The van der Waals surface area contributed by atoms with Gasteiger partial charge in [-0.3, -0.25) is 9.59 Å². The van der Waals surface area contributed by atoms with Crippen LogP contribution in [0.3, 0.4) is 0 Å². The second-order valence-corrected chi connectivity index (χ2v) is 7.74. The molecular weight excluding hydrogens is 412 g/mol. The van der Waals surface area contributed by atoms with Gasteiger partial charge in [0.05, 0.1) is 25.5 Å². The molecule has 0 radical (unpaired) electrons. The molecule has 0 aromatic heterocycles. The van der Waals surface area contributed by atoms with Crippen LogP contribution in [0.15, 0.2) is 71.6 Å². The fourth-order valence-electron chi connectivity index (χ4n) is 2.96. The molecule has 0 saturated heterocycles. The van der Waals surface area contributed by atoms with Gasteiger partial charge in [-0.1, -0.05) is 24.3 Å². The molecule has 0 heterocycles. The van der Waals surface area contributed by atoms with E-state index in [0.717, 1.165) is 16.1 Å². The van der Waals surface area contributed by atoms with Gasteiger partial charge in [-0.05, 0) is 48.9 Å². The molecule has 0 fully saturated rings. The molecule has 6 nitrogen and oxygen atoms in total. The third-order valence-electron chi connectivity index (χ3n) is 4.43. The molecule has 0 unspecified atom stereocenters. The average molecular weight is 437 g/mol. The van der Waals surface area contributed by atoms with Crippen molar-refractivity contribution in [3.05, 3.63) is 77.9 Å². The fourth-order valence-corrected chi connectivity index (χ4v) is 3.81. The Labute approximate surface area is 186 Å². The van der Waals surface area contributed by atoms with E-state index in [1.807, 2.05) is 43.3 Å². The highest BCUT2D eigenvalue weighted by Gasteiger charge is 2.14. The third kappa shape index (κ3) is 6.02. The third-order valence-corrected chi connectivity index (χ3v) is 5.51. The van der Waals surface area contributed by atoms with Crippen LogP contribution in [0.5, 0.6) is 11.5 Å². The Kier molecular flexibility index (Phi) is 7.56. The van der Waals surface area contributed by atoms with Gasteiger partial charge in [-0.2, -0.15) is 0 Å². The van der Waals surface area contributed by atoms with Gasteiger partial charge in [0.1, 0.15) is 0 Å². The minimum atomic E-state index is -0.214. The van der Waals surface area contributed by atoms with Crippen LogP contribution in [0.4, 0.5) is 11.4 Å². The lowest BCUT2D eigenvalue weighted by Crippen LogP contribution is -2.16. The number of benzene rings is 3. The van der Waals surface area contributed by atoms with Crippen LogP contribution >= 0.6 is 11.8 Å². The maximum atomic E-state index is 12.8. The Morgan fingerprint density at radius 3 is 2.32 bits per heavy atom. The Balaban J connectivity index is 1.64. The molecule has 0 aliphatic heterocycles. The smallest absolute Gasteiger partial charge is 0.256 e. The molecule has 3 aromatic rings. The van der Waals surface area contributed by atoms with Gasteiger partial charge in [0.25, 0.3) is 5.91 Å². The van der Waals surface area contributed by atoms with Crippen molar-refractivity contribution in [1.29, 1.82) is 0 Å². The van der Waals surface area contributed by atoms with E-state index in [9.17, 15) is 9.59 Å². The summed E-state index contributed by atoms with van der Waals surface area (Å²) in [5.74, 6) is 0.873. The molecule has 0 saturated carbocycles. The summed E-state index contributed by atoms with van der Waals surface area (Å²) in [6, 6.07) is 20.0. The summed E-state index contributed by atoms with van der Waals surface area (Å²) < 4.78 is 10.5. The summed E-state index contributed by atoms with van der Waals surface area (Å²) in [4.78, 5) is 25.9. The van der Waals surface area contributed by atoms with Crippen molar-refractivity contribution in [1.82, 2.24) is 0 Å². The number of amides is 2. The van der Waals surface area contributed by atoms with Crippen molar-refractivity contribution in [3.8, 4) is 11.5 Å². The van der Waals surface area contributed by atoms with E-state index < -0.39 is 0 Å². The van der Waals surface area contributed by atoms with Crippen LogP contribution in [0.2, 0.25) is 0 Å². The van der Waals surface area contributed by atoms with Gasteiger partial charge in [-0.25, -0.2) is 0 Å². The van der Waals surface area contributed by atoms with Gasteiger partial charge in [0.15, 0.2) is 11.5 Å². The van der Waals surface area contributed by atoms with E-state index in [1.165, 1.54) is 18.9 Å². The number of anilines is 2. The Bertz CT molecular complexity index is 1080. The standard InChI is InChI=1S/C24H24N2O4S/c1-16-7-6-8-17(13-16)26-24(28)19-9-4-5-10-22(19)31-15-23(27)25-18-11-12-20(29-2)21(14-18)30-3/h4-14H,15H2,1-3H3,(H,25,27)(H,26,28). The van der Waals surface area contributed by atoms with Gasteiger partial charge in [0.2, 0.25) is 5.91 Å². The summed E-state index contributed by atoms with van der Waals surface area (Å²) in [6.07, 6.45) is 0. The lowest BCUT2D eigenvalue weighted by molar-refractivity contribution is -0.113. The minimum Gasteiger partial charge on any atom is -0.493 e. The van der Waals surface area contributed by atoms with Crippen LogP contribution in [-0.2, 0) is 4.79 Å². The number of hydrogen-bond donors (Lipinski definition) is 2. The van der Waals surface area contributed by atoms with E-state index in [-0.39, 0.29) is 17.6 Å². The van der Waals surface area contributed by atoms with Crippen LogP contribution in [0.25, 0.3) is 0 Å². The minimum absolute atomic E-state index is 0.156. The molecule has 0 spiro atoms. The predicted octanol–water partition coefficient (Wildman–Crippen LogP) is 5.00. The van der Waals surface area contributed by atoms with Crippen molar-refractivity contribution in [2.75, 3.05) is 30.6 Å². The number of hydrogen-bond acceptors (Lipinski definition) is 5. The zero-order valence-electron chi connectivity index (χ0n) is 17.6. The molecule has 3 aromatic carbocycles. The van der Waals surface area contributed by atoms with E-state index in [4.69, 9.17) is 9.47 Å². The predicted molar refractivity (Wildman–Crippen MR) is 124 cm³/mol.